The summed E-state index contributed by atoms with van der Waals surface area (Å²) in [7, 11) is 3.51. The number of alkyl halides is 3. The van der Waals surface area contributed by atoms with E-state index < -0.39 is 11.7 Å². The van der Waals surface area contributed by atoms with Gasteiger partial charge in [-0.15, -0.1) is 24.0 Å². The first kappa shape index (κ1) is 21.3. The van der Waals surface area contributed by atoms with Gasteiger partial charge in [0.05, 0.1) is 11.9 Å². The number of aliphatic imine (C=N–C) groups is 1. The predicted octanol–water partition coefficient (Wildman–Crippen LogP) is 3.23. The lowest BCUT2D eigenvalue weighted by Crippen LogP contribution is -2.39. The van der Waals surface area contributed by atoms with Gasteiger partial charge in [0.15, 0.2) is 5.96 Å². The maximum absolute atomic E-state index is 12.6. The molecule has 1 N–H and O–H groups in total. The third-order valence-corrected chi connectivity index (χ3v) is 3.49. The van der Waals surface area contributed by atoms with E-state index in [2.05, 4.69) is 15.3 Å². The molecule has 25 heavy (non-hydrogen) atoms. The van der Waals surface area contributed by atoms with E-state index in [9.17, 15) is 13.2 Å². The third-order valence-electron chi connectivity index (χ3n) is 3.49. The average Bonchev–Trinajstić information content (AvgIpc) is 3.04. The third kappa shape index (κ3) is 6.56. The number of benzene rings is 1. The molecule has 5 nitrogen and oxygen atoms in total. The first-order valence-corrected chi connectivity index (χ1v) is 7.44. The molecule has 0 aliphatic rings. The molecule has 2 aromatic rings. The quantitative estimate of drug-likeness (QED) is 0.418. The van der Waals surface area contributed by atoms with E-state index in [0.29, 0.717) is 19.0 Å². The molecule has 0 unspecified atom stereocenters. The maximum atomic E-state index is 12.6. The van der Waals surface area contributed by atoms with Crippen molar-refractivity contribution in [2.75, 3.05) is 20.6 Å². The van der Waals surface area contributed by atoms with Crippen molar-refractivity contribution in [2.45, 2.75) is 19.3 Å². The number of nitrogens with zero attached hydrogens (tertiary/aromatic N) is 4. The number of halogens is 4. The van der Waals surface area contributed by atoms with Crippen molar-refractivity contribution in [2.24, 2.45) is 4.99 Å². The number of aromatic nitrogens is 2. The summed E-state index contributed by atoms with van der Waals surface area (Å²) in [5, 5.41) is 3.21. The van der Waals surface area contributed by atoms with E-state index in [1.807, 2.05) is 22.7 Å². The first-order chi connectivity index (χ1) is 11.4. The predicted molar refractivity (Wildman–Crippen MR) is 102 cm³/mol. The van der Waals surface area contributed by atoms with Gasteiger partial charge in [0.1, 0.15) is 0 Å². The smallest absolute Gasteiger partial charge is 0.354 e. The molecule has 0 aliphatic heterocycles. The minimum Gasteiger partial charge on any atom is -0.354 e. The molecule has 0 aliphatic carbocycles. The zero-order valence-electron chi connectivity index (χ0n) is 14.0. The molecule has 0 saturated heterocycles. The molecule has 0 amide bonds. The first-order valence-electron chi connectivity index (χ1n) is 7.44. The number of imidazole rings is 1. The minimum absolute atomic E-state index is 0. The maximum Gasteiger partial charge on any atom is 0.416 e. The largest absolute Gasteiger partial charge is 0.416 e. The monoisotopic (exact) mass is 467 g/mol. The Bertz CT molecular complexity index is 653. The van der Waals surface area contributed by atoms with E-state index in [1.165, 1.54) is 12.1 Å². The second-order valence-corrected chi connectivity index (χ2v) is 5.33. The van der Waals surface area contributed by atoms with Gasteiger partial charge in [0.2, 0.25) is 0 Å². The summed E-state index contributed by atoms with van der Waals surface area (Å²) < 4.78 is 39.7. The summed E-state index contributed by atoms with van der Waals surface area (Å²) in [4.78, 5) is 10.0. The Balaban J connectivity index is 0.00000312. The number of hydrogen-bond donors (Lipinski definition) is 1. The van der Waals surface area contributed by atoms with Crippen molar-refractivity contribution in [1.82, 2.24) is 19.8 Å². The average molecular weight is 467 g/mol. The van der Waals surface area contributed by atoms with Crippen LogP contribution < -0.4 is 5.32 Å². The van der Waals surface area contributed by atoms with Crippen molar-refractivity contribution >= 4 is 29.9 Å². The fourth-order valence-corrected chi connectivity index (χ4v) is 2.25. The molecule has 1 heterocycles. The highest BCUT2D eigenvalue weighted by atomic mass is 127. The van der Waals surface area contributed by atoms with E-state index in [0.717, 1.165) is 24.2 Å². The fraction of sp³-hybridized carbons (Fsp3) is 0.375. The highest BCUT2D eigenvalue weighted by Crippen LogP contribution is 2.29. The number of rotatable bonds is 5. The second kappa shape index (κ2) is 9.64. The standard InChI is InChI=1S/C16H20F3N5.HI/c1-20-15(22-8-10-24-9-7-21-12-24)23(2)11-13-3-5-14(6-4-13)16(17,18)19;/h3-7,9,12H,8,10-11H2,1-2H3,(H,20,22);1H. The lowest BCUT2D eigenvalue weighted by molar-refractivity contribution is -0.137. The van der Waals surface area contributed by atoms with Crippen LogP contribution in [-0.2, 0) is 19.3 Å². The molecular formula is C16H21F3IN5. The summed E-state index contributed by atoms with van der Waals surface area (Å²) >= 11 is 0. The molecule has 9 heteroatoms. The normalized spacial score (nSPS) is 11.8. The molecule has 0 fully saturated rings. The van der Waals surface area contributed by atoms with Crippen molar-refractivity contribution in [3.05, 3.63) is 54.1 Å². The van der Waals surface area contributed by atoms with Crippen molar-refractivity contribution in [3.8, 4) is 0 Å². The van der Waals surface area contributed by atoms with Gasteiger partial charge in [-0.25, -0.2) is 4.98 Å². The molecule has 1 aromatic carbocycles. The molecule has 0 spiro atoms. The van der Waals surface area contributed by atoms with Crippen molar-refractivity contribution < 1.29 is 13.2 Å². The number of hydrogen-bond acceptors (Lipinski definition) is 2. The van der Waals surface area contributed by atoms with Crippen LogP contribution in [0, 0.1) is 0 Å². The summed E-state index contributed by atoms with van der Waals surface area (Å²) in [5.74, 6) is 0.676. The van der Waals surface area contributed by atoms with Gasteiger partial charge in [-0.3, -0.25) is 4.99 Å². The second-order valence-electron chi connectivity index (χ2n) is 5.33. The molecule has 0 bridgehead atoms. The summed E-state index contributed by atoms with van der Waals surface area (Å²) in [6.45, 7) is 1.87. The van der Waals surface area contributed by atoms with Crippen LogP contribution >= 0.6 is 24.0 Å². The van der Waals surface area contributed by atoms with Crippen LogP contribution in [-0.4, -0.2) is 41.1 Å². The molecular weight excluding hydrogens is 446 g/mol. The van der Waals surface area contributed by atoms with E-state index in [4.69, 9.17) is 0 Å². The van der Waals surface area contributed by atoms with Crippen LogP contribution in [0.3, 0.4) is 0 Å². The Morgan fingerprint density at radius 2 is 1.96 bits per heavy atom. The summed E-state index contributed by atoms with van der Waals surface area (Å²) in [6.07, 6.45) is 1.01. The highest BCUT2D eigenvalue weighted by molar-refractivity contribution is 14.0. The molecule has 138 valence electrons. The highest BCUT2D eigenvalue weighted by Gasteiger charge is 2.29. The van der Waals surface area contributed by atoms with Gasteiger partial charge in [-0.05, 0) is 17.7 Å². The molecule has 2 rings (SSSR count). The van der Waals surface area contributed by atoms with E-state index in [1.54, 1.807) is 19.6 Å². The van der Waals surface area contributed by atoms with Crippen molar-refractivity contribution in [1.29, 1.82) is 0 Å². The lowest BCUT2D eigenvalue weighted by atomic mass is 10.1. The Kier molecular flexibility index (Phi) is 8.20. The fourth-order valence-electron chi connectivity index (χ4n) is 2.25. The van der Waals surface area contributed by atoms with Crippen LogP contribution in [0.1, 0.15) is 11.1 Å². The molecule has 0 saturated carbocycles. The Morgan fingerprint density at radius 1 is 1.28 bits per heavy atom. The Morgan fingerprint density at radius 3 is 2.48 bits per heavy atom. The summed E-state index contributed by atoms with van der Waals surface area (Å²) in [6, 6.07) is 5.16. The van der Waals surface area contributed by atoms with Gasteiger partial charge >= 0.3 is 6.18 Å². The van der Waals surface area contributed by atoms with Crippen LogP contribution in [0.25, 0.3) is 0 Å². The number of nitrogens with one attached hydrogen (secondary N) is 1. The molecule has 0 radical (unpaired) electrons. The van der Waals surface area contributed by atoms with E-state index >= 15 is 0 Å². The van der Waals surface area contributed by atoms with E-state index in [-0.39, 0.29) is 24.0 Å². The number of guanidine groups is 1. The Hall–Kier alpha value is -1.78. The minimum atomic E-state index is -4.31. The van der Waals surface area contributed by atoms with Crippen LogP contribution in [0.4, 0.5) is 13.2 Å². The molecule has 1 aromatic heterocycles. The zero-order chi connectivity index (χ0) is 17.6. The van der Waals surface area contributed by atoms with Crippen LogP contribution in [0.5, 0.6) is 0 Å². The van der Waals surface area contributed by atoms with Gasteiger partial charge < -0.3 is 14.8 Å². The zero-order valence-corrected chi connectivity index (χ0v) is 16.3. The van der Waals surface area contributed by atoms with Gasteiger partial charge in [0.25, 0.3) is 0 Å². The Labute approximate surface area is 162 Å². The lowest BCUT2D eigenvalue weighted by Gasteiger charge is -2.22. The van der Waals surface area contributed by atoms with Crippen molar-refractivity contribution in [3.63, 3.8) is 0 Å². The van der Waals surface area contributed by atoms with Gasteiger partial charge in [-0.1, -0.05) is 12.1 Å². The van der Waals surface area contributed by atoms with Gasteiger partial charge in [0, 0.05) is 46.1 Å². The molecule has 0 atom stereocenters. The van der Waals surface area contributed by atoms with Gasteiger partial charge in [-0.2, -0.15) is 13.2 Å². The summed E-state index contributed by atoms with van der Waals surface area (Å²) in [5.41, 5.74) is 0.139. The topological polar surface area (TPSA) is 45.5 Å². The van der Waals surface area contributed by atoms with Crippen LogP contribution in [0.2, 0.25) is 0 Å². The SMILES string of the molecule is CN=C(NCCn1ccnc1)N(C)Cc1ccc(C(F)(F)F)cc1.I. The van der Waals surface area contributed by atoms with Crippen LogP contribution in [0.15, 0.2) is 48.0 Å².